The number of ether oxygens (including phenoxy) is 1. The number of halogens is 2. The van der Waals surface area contributed by atoms with Gasteiger partial charge in [0.2, 0.25) is 0 Å². The van der Waals surface area contributed by atoms with Crippen molar-refractivity contribution in [1.82, 2.24) is 5.32 Å². The molecule has 0 spiro atoms. The minimum atomic E-state index is -0.340. The zero-order chi connectivity index (χ0) is 15.1. The van der Waals surface area contributed by atoms with Gasteiger partial charge in [-0.3, -0.25) is 4.79 Å². The number of amides is 1. The van der Waals surface area contributed by atoms with Crippen LogP contribution in [0.3, 0.4) is 0 Å². The lowest BCUT2D eigenvalue weighted by atomic mass is 10.1. The second kappa shape index (κ2) is 7.64. The Balaban J connectivity index is 1.69. The van der Waals surface area contributed by atoms with Crippen molar-refractivity contribution >= 4 is 17.5 Å². The molecule has 0 aliphatic heterocycles. The van der Waals surface area contributed by atoms with E-state index in [1.165, 1.54) is 24.3 Å². The second-order valence-corrected chi connectivity index (χ2v) is 4.91. The van der Waals surface area contributed by atoms with Gasteiger partial charge < -0.3 is 10.1 Å². The van der Waals surface area contributed by atoms with Crippen molar-refractivity contribution in [2.45, 2.75) is 6.42 Å². The number of nitrogens with one attached hydrogen (secondary N) is 1. The lowest BCUT2D eigenvalue weighted by Crippen LogP contribution is -2.30. The van der Waals surface area contributed by atoms with Crippen LogP contribution >= 0.6 is 11.6 Å². The summed E-state index contributed by atoms with van der Waals surface area (Å²) in [5.74, 6) is -0.101. The third-order valence-electron chi connectivity index (χ3n) is 2.81. The van der Waals surface area contributed by atoms with E-state index in [2.05, 4.69) is 5.32 Å². The molecule has 0 aliphatic carbocycles. The van der Waals surface area contributed by atoms with Crippen LogP contribution in [0, 0.1) is 5.82 Å². The maximum Gasteiger partial charge on any atom is 0.257 e. The first-order chi connectivity index (χ1) is 10.1. The van der Waals surface area contributed by atoms with Gasteiger partial charge in [0.25, 0.3) is 5.91 Å². The fourth-order valence-corrected chi connectivity index (χ4v) is 1.98. The lowest BCUT2D eigenvalue weighted by molar-refractivity contribution is -0.123. The molecule has 5 heteroatoms. The van der Waals surface area contributed by atoms with Gasteiger partial charge in [-0.05, 0) is 48.4 Å². The van der Waals surface area contributed by atoms with Crippen LogP contribution in [0.15, 0.2) is 48.5 Å². The van der Waals surface area contributed by atoms with Gasteiger partial charge in [0, 0.05) is 11.6 Å². The molecule has 110 valence electrons. The number of hydrogen-bond donors (Lipinski definition) is 1. The van der Waals surface area contributed by atoms with Gasteiger partial charge in [0.15, 0.2) is 6.61 Å². The van der Waals surface area contributed by atoms with Gasteiger partial charge in [0.1, 0.15) is 11.6 Å². The van der Waals surface area contributed by atoms with Gasteiger partial charge >= 0.3 is 0 Å². The van der Waals surface area contributed by atoms with E-state index in [9.17, 15) is 9.18 Å². The fraction of sp³-hybridized carbons (Fsp3) is 0.188. The molecule has 0 saturated heterocycles. The third kappa shape index (κ3) is 5.44. The van der Waals surface area contributed by atoms with E-state index in [1.807, 2.05) is 18.2 Å². The largest absolute Gasteiger partial charge is 0.484 e. The fourth-order valence-electron chi connectivity index (χ4n) is 1.77. The number of hydrogen-bond acceptors (Lipinski definition) is 2. The van der Waals surface area contributed by atoms with Crippen molar-refractivity contribution in [3.05, 3.63) is 64.9 Å². The summed E-state index contributed by atoms with van der Waals surface area (Å²) in [5.41, 5.74) is 1.06. The second-order valence-electron chi connectivity index (χ2n) is 4.47. The molecule has 1 N–H and O–H groups in total. The molecular weight excluding hydrogens is 293 g/mol. The summed E-state index contributed by atoms with van der Waals surface area (Å²) in [5, 5.41) is 3.43. The van der Waals surface area contributed by atoms with Crippen molar-refractivity contribution in [1.29, 1.82) is 0 Å². The van der Waals surface area contributed by atoms with Crippen LogP contribution in [0.5, 0.6) is 5.75 Å². The molecule has 2 rings (SSSR count). The van der Waals surface area contributed by atoms with Gasteiger partial charge in [-0.1, -0.05) is 23.7 Å². The maximum absolute atomic E-state index is 12.7. The summed E-state index contributed by atoms with van der Waals surface area (Å²) in [6.45, 7) is 0.410. The Bertz CT molecular complexity index is 601. The highest BCUT2D eigenvalue weighted by atomic mass is 35.5. The van der Waals surface area contributed by atoms with E-state index in [0.29, 0.717) is 23.7 Å². The molecule has 3 nitrogen and oxygen atoms in total. The molecule has 0 radical (unpaired) electrons. The number of carbonyl (C=O) groups is 1. The predicted molar refractivity (Wildman–Crippen MR) is 80.1 cm³/mol. The Morgan fingerprint density at radius 1 is 1.19 bits per heavy atom. The lowest BCUT2D eigenvalue weighted by Gasteiger charge is -2.07. The molecule has 0 aromatic heterocycles. The number of carbonyl (C=O) groups excluding carboxylic acids is 1. The van der Waals surface area contributed by atoms with Gasteiger partial charge in [0.05, 0.1) is 0 Å². The van der Waals surface area contributed by atoms with Crippen LogP contribution < -0.4 is 10.1 Å². The van der Waals surface area contributed by atoms with E-state index >= 15 is 0 Å². The molecule has 2 aromatic rings. The van der Waals surface area contributed by atoms with Gasteiger partial charge in [-0.25, -0.2) is 4.39 Å². The summed E-state index contributed by atoms with van der Waals surface area (Å²) in [6.07, 6.45) is 0.697. The van der Waals surface area contributed by atoms with E-state index in [4.69, 9.17) is 16.3 Å². The first-order valence-electron chi connectivity index (χ1n) is 6.53. The SMILES string of the molecule is O=C(COc1ccc(F)cc1)NCCc1cccc(Cl)c1. The standard InChI is InChI=1S/C16H15ClFNO2/c17-13-3-1-2-12(10-13)8-9-19-16(20)11-21-15-6-4-14(18)5-7-15/h1-7,10H,8-9,11H2,(H,19,20). The molecule has 0 bridgehead atoms. The maximum atomic E-state index is 12.7. The number of rotatable bonds is 6. The molecule has 21 heavy (non-hydrogen) atoms. The molecule has 0 saturated carbocycles. The quantitative estimate of drug-likeness (QED) is 0.890. The average molecular weight is 308 g/mol. The summed E-state index contributed by atoms with van der Waals surface area (Å²) in [4.78, 5) is 11.6. The van der Waals surface area contributed by atoms with Crippen molar-refractivity contribution < 1.29 is 13.9 Å². The zero-order valence-electron chi connectivity index (χ0n) is 11.3. The molecule has 0 unspecified atom stereocenters. The highest BCUT2D eigenvalue weighted by Crippen LogP contribution is 2.11. The summed E-state index contributed by atoms with van der Waals surface area (Å²) in [7, 11) is 0. The minimum Gasteiger partial charge on any atom is -0.484 e. The summed E-state index contributed by atoms with van der Waals surface area (Å²) >= 11 is 5.88. The average Bonchev–Trinajstić information content (AvgIpc) is 2.47. The van der Waals surface area contributed by atoms with Crippen LogP contribution in [-0.2, 0) is 11.2 Å². The zero-order valence-corrected chi connectivity index (χ0v) is 12.1. The van der Waals surface area contributed by atoms with Gasteiger partial charge in [-0.15, -0.1) is 0 Å². The Labute approximate surface area is 127 Å². The molecular formula is C16H15ClFNO2. The Kier molecular flexibility index (Phi) is 5.58. The van der Waals surface area contributed by atoms with Crippen molar-refractivity contribution in [3.63, 3.8) is 0 Å². The van der Waals surface area contributed by atoms with Crippen LogP contribution in [0.1, 0.15) is 5.56 Å². The molecule has 0 atom stereocenters. The Morgan fingerprint density at radius 3 is 2.67 bits per heavy atom. The van der Waals surface area contributed by atoms with Gasteiger partial charge in [-0.2, -0.15) is 0 Å². The molecule has 1 amide bonds. The van der Waals surface area contributed by atoms with Crippen LogP contribution in [0.25, 0.3) is 0 Å². The van der Waals surface area contributed by atoms with E-state index < -0.39 is 0 Å². The first kappa shape index (κ1) is 15.3. The van der Waals surface area contributed by atoms with E-state index in [-0.39, 0.29) is 18.3 Å². The highest BCUT2D eigenvalue weighted by Gasteiger charge is 2.03. The van der Waals surface area contributed by atoms with Crippen molar-refractivity contribution in [2.75, 3.05) is 13.2 Å². The molecule has 0 heterocycles. The van der Waals surface area contributed by atoms with Crippen LogP contribution in [-0.4, -0.2) is 19.1 Å². The van der Waals surface area contributed by atoms with Crippen molar-refractivity contribution in [3.8, 4) is 5.75 Å². The highest BCUT2D eigenvalue weighted by molar-refractivity contribution is 6.30. The Hall–Kier alpha value is -2.07. The molecule has 0 aliphatic rings. The molecule has 2 aromatic carbocycles. The Morgan fingerprint density at radius 2 is 1.95 bits per heavy atom. The van der Waals surface area contributed by atoms with Crippen molar-refractivity contribution in [2.24, 2.45) is 0 Å². The smallest absolute Gasteiger partial charge is 0.257 e. The van der Waals surface area contributed by atoms with Crippen LogP contribution in [0.4, 0.5) is 4.39 Å². The topological polar surface area (TPSA) is 38.3 Å². The first-order valence-corrected chi connectivity index (χ1v) is 6.91. The van der Waals surface area contributed by atoms with Crippen LogP contribution in [0.2, 0.25) is 5.02 Å². The summed E-state index contributed by atoms with van der Waals surface area (Å²) < 4.78 is 17.9. The minimum absolute atomic E-state index is 0.0961. The predicted octanol–water partition coefficient (Wildman–Crippen LogP) is 3.22. The normalized spacial score (nSPS) is 10.2. The monoisotopic (exact) mass is 307 g/mol. The summed E-state index contributed by atoms with van der Waals surface area (Å²) in [6, 6.07) is 13.0. The van der Waals surface area contributed by atoms with E-state index in [1.54, 1.807) is 6.07 Å². The molecule has 0 fully saturated rings. The third-order valence-corrected chi connectivity index (χ3v) is 3.04. The van der Waals surface area contributed by atoms with E-state index in [0.717, 1.165) is 5.56 Å². The number of benzene rings is 2.